The number of ether oxygens (including phenoxy) is 2. The molecule has 21 heavy (non-hydrogen) atoms. The molecule has 0 saturated carbocycles. The van der Waals surface area contributed by atoms with Crippen LogP contribution in [0.2, 0.25) is 0 Å². The molecule has 0 bridgehead atoms. The lowest BCUT2D eigenvalue weighted by Crippen LogP contribution is -2.30. The zero-order valence-electron chi connectivity index (χ0n) is 11.2. The molecule has 0 radical (unpaired) electrons. The summed E-state index contributed by atoms with van der Waals surface area (Å²) < 4.78 is 24.4. The lowest BCUT2D eigenvalue weighted by Gasteiger charge is -2.13. The van der Waals surface area contributed by atoms with Crippen LogP contribution in [-0.4, -0.2) is 29.9 Å². The van der Waals surface area contributed by atoms with Crippen LogP contribution < -0.4 is 14.9 Å². The van der Waals surface area contributed by atoms with E-state index in [-0.39, 0.29) is 11.9 Å². The van der Waals surface area contributed by atoms with Gasteiger partial charge in [-0.25, -0.2) is 4.39 Å². The Morgan fingerprint density at radius 1 is 1.24 bits per heavy atom. The largest absolute Gasteiger partial charge is 0.490 e. The number of hydrogen-bond acceptors (Lipinski definition) is 4. The topological polar surface area (TPSA) is 58.9 Å². The van der Waals surface area contributed by atoms with E-state index in [0.29, 0.717) is 30.0 Å². The Morgan fingerprint density at radius 2 is 2.10 bits per heavy atom. The van der Waals surface area contributed by atoms with Gasteiger partial charge < -0.3 is 19.5 Å². The second kappa shape index (κ2) is 5.75. The van der Waals surface area contributed by atoms with Gasteiger partial charge in [0.15, 0.2) is 0 Å². The molecule has 1 aliphatic rings. The number of rotatable bonds is 4. The molecule has 0 aromatic heterocycles. The summed E-state index contributed by atoms with van der Waals surface area (Å²) >= 11 is 0. The highest BCUT2D eigenvalue weighted by atomic mass is 19.1. The molecule has 2 N–H and O–H groups in total. The molecule has 0 amide bonds. The number of hydrogen-bond donors (Lipinski definition) is 2. The van der Waals surface area contributed by atoms with Gasteiger partial charge in [0.05, 0.1) is 0 Å². The predicted octanol–water partition coefficient (Wildman–Crippen LogP) is 0.888. The Morgan fingerprint density at radius 3 is 2.90 bits per heavy atom. The van der Waals surface area contributed by atoms with Crippen LogP contribution in [0.3, 0.4) is 0 Å². The van der Waals surface area contributed by atoms with Crippen molar-refractivity contribution in [1.82, 2.24) is 0 Å². The first-order valence-electron chi connectivity index (χ1n) is 6.66. The molecule has 0 aliphatic carbocycles. The summed E-state index contributed by atoms with van der Waals surface area (Å²) in [5.74, 6) is 0.944. The van der Waals surface area contributed by atoms with E-state index in [9.17, 15) is 4.39 Å². The summed E-state index contributed by atoms with van der Waals surface area (Å²) in [4.78, 5) is 0. The van der Waals surface area contributed by atoms with E-state index in [4.69, 9.17) is 19.5 Å². The molecule has 1 heterocycles. The average Bonchev–Trinajstić information content (AvgIpc) is 2.87. The van der Waals surface area contributed by atoms with Crippen LogP contribution in [0.1, 0.15) is 5.56 Å². The van der Waals surface area contributed by atoms with Gasteiger partial charge in [-0.3, -0.25) is 0 Å². The molecule has 0 fully saturated rings. The first-order chi connectivity index (χ1) is 10.1. The fourth-order valence-corrected chi connectivity index (χ4v) is 2.34. The van der Waals surface area contributed by atoms with Gasteiger partial charge in [-0.05, 0) is 35.8 Å². The van der Waals surface area contributed by atoms with Crippen LogP contribution in [0.5, 0.6) is 11.5 Å². The van der Waals surface area contributed by atoms with Crippen molar-refractivity contribution in [2.24, 2.45) is 0 Å². The van der Waals surface area contributed by atoms with Gasteiger partial charge >= 0.3 is 7.12 Å². The third-order valence-corrected chi connectivity index (χ3v) is 3.36. The molecule has 1 unspecified atom stereocenters. The molecular weight excluding hydrogens is 274 g/mol. The van der Waals surface area contributed by atoms with Gasteiger partial charge in [0.2, 0.25) is 0 Å². The highest BCUT2D eigenvalue weighted by Gasteiger charge is 2.24. The summed E-state index contributed by atoms with van der Waals surface area (Å²) in [6.07, 6.45) is 0.416. The van der Waals surface area contributed by atoms with Crippen molar-refractivity contribution in [2.45, 2.75) is 12.5 Å². The normalized spacial score (nSPS) is 16.2. The van der Waals surface area contributed by atoms with Crippen LogP contribution in [0.25, 0.3) is 0 Å². The summed E-state index contributed by atoms with van der Waals surface area (Å²) in [6, 6.07) is 11.0. The van der Waals surface area contributed by atoms with Crippen LogP contribution in [0.15, 0.2) is 42.5 Å². The van der Waals surface area contributed by atoms with Crippen LogP contribution >= 0.6 is 0 Å². The van der Waals surface area contributed by atoms with E-state index in [2.05, 4.69) is 0 Å². The van der Waals surface area contributed by atoms with Crippen molar-refractivity contribution in [3.8, 4) is 11.5 Å². The SMILES string of the molecule is OB(O)c1cccc(OCC2Cc3cc(F)ccc3O2)c1. The van der Waals surface area contributed by atoms with Crippen molar-refractivity contribution in [3.63, 3.8) is 0 Å². The first kappa shape index (κ1) is 13.9. The molecule has 2 aromatic carbocycles. The highest BCUT2D eigenvalue weighted by Crippen LogP contribution is 2.29. The molecule has 3 rings (SSSR count). The maximum Gasteiger partial charge on any atom is 0.488 e. The Bertz CT molecular complexity index is 647. The summed E-state index contributed by atoms with van der Waals surface area (Å²) in [6.45, 7) is 0.307. The predicted molar refractivity (Wildman–Crippen MR) is 76.3 cm³/mol. The van der Waals surface area contributed by atoms with Gasteiger partial charge in [-0.2, -0.15) is 0 Å². The van der Waals surface area contributed by atoms with E-state index >= 15 is 0 Å². The maximum atomic E-state index is 13.1. The van der Waals surface area contributed by atoms with Gasteiger partial charge in [-0.15, -0.1) is 0 Å². The van der Waals surface area contributed by atoms with Crippen molar-refractivity contribution >= 4 is 12.6 Å². The molecule has 0 spiro atoms. The molecule has 108 valence electrons. The first-order valence-corrected chi connectivity index (χ1v) is 6.66. The van der Waals surface area contributed by atoms with Crippen LogP contribution in [0.4, 0.5) is 4.39 Å². The zero-order valence-corrected chi connectivity index (χ0v) is 11.2. The van der Waals surface area contributed by atoms with E-state index in [1.54, 1.807) is 30.3 Å². The van der Waals surface area contributed by atoms with Gasteiger partial charge in [-0.1, -0.05) is 12.1 Å². The van der Waals surface area contributed by atoms with Gasteiger partial charge in [0.25, 0.3) is 0 Å². The molecule has 4 nitrogen and oxygen atoms in total. The minimum atomic E-state index is -1.52. The fraction of sp³-hybridized carbons (Fsp3) is 0.200. The summed E-state index contributed by atoms with van der Waals surface area (Å²) in [5.41, 5.74) is 1.20. The van der Waals surface area contributed by atoms with Crippen LogP contribution in [-0.2, 0) is 6.42 Å². The lowest BCUT2D eigenvalue weighted by molar-refractivity contribution is 0.148. The van der Waals surface area contributed by atoms with E-state index in [1.165, 1.54) is 12.1 Å². The van der Waals surface area contributed by atoms with Gasteiger partial charge in [0, 0.05) is 12.0 Å². The van der Waals surface area contributed by atoms with Crippen molar-refractivity contribution < 1.29 is 23.9 Å². The Kier molecular flexibility index (Phi) is 3.81. The number of benzene rings is 2. The lowest BCUT2D eigenvalue weighted by atomic mass is 9.80. The van der Waals surface area contributed by atoms with E-state index in [0.717, 1.165) is 5.56 Å². The Hall–Kier alpha value is -2.05. The fourth-order valence-electron chi connectivity index (χ4n) is 2.34. The molecule has 2 aromatic rings. The van der Waals surface area contributed by atoms with Crippen molar-refractivity contribution in [2.75, 3.05) is 6.61 Å². The highest BCUT2D eigenvalue weighted by molar-refractivity contribution is 6.58. The van der Waals surface area contributed by atoms with E-state index < -0.39 is 7.12 Å². The Balaban J connectivity index is 1.61. The van der Waals surface area contributed by atoms with Gasteiger partial charge in [0.1, 0.15) is 30.0 Å². The number of fused-ring (bicyclic) bond motifs is 1. The summed E-state index contributed by atoms with van der Waals surface area (Å²) in [7, 11) is -1.52. The number of halogens is 1. The second-order valence-electron chi connectivity index (χ2n) is 4.95. The third kappa shape index (κ3) is 3.17. The molecular formula is C15H14BFO4. The van der Waals surface area contributed by atoms with Crippen molar-refractivity contribution in [1.29, 1.82) is 0 Å². The maximum absolute atomic E-state index is 13.1. The van der Waals surface area contributed by atoms with Crippen LogP contribution in [0, 0.1) is 5.82 Å². The molecule has 1 aliphatic heterocycles. The standard InChI is InChI=1S/C15H14BFO4/c17-12-4-5-15-10(6-12)7-14(21-15)9-20-13-3-1-2-11(8-13)16(18)19/h1-6,8,14,18-19H,7,9H2. The van der Waals surface area contributed by atoms with Crippen molar-refractivity contribution in [3.05, 3.63) is 53.8 Å². The molecule has 0 saturated heterocycles. The average molecular weight is 288 g/mol. The monoisotopic (exact) mass is 288 g/mol. The minimum absolute atomic E-state index is 0.176. The quantitative estimate of drug-likeness (QED) is 0.820. The second-order valence-corrected chi connectivity index (χ2v) is 4.95. The summed E-state index contributed by atoms with van der Waals surface area (Å²) in [5, 5.41) is 18.2. The third-order valence-electron chi connectivity index (χ3n) is 3.36. The molecule has 1 atom stereocenters. The minimum Gasteiger partial charge on any atom is -0.490 e. The Labute approximate surface area is 121 Å². The smallest absolute Gasteiger partial charge is 0.488 e. The van der Waals surface area contributed by atoms with E-state index in [1.807, 2.05) is 0 Å². The molecule has 6 heteroatoms. The zero-order chi connectivity index (χ0) is 14.8.